The molecule has 0 aliphatic carbocycles. The van der Waals surface area contributed by atoms with Gasteiger partial charge in [-0.05, 0) is 31.9 Å². The minimum absolute atomic E-state index is 0.161. The lowest BCUT2D eigenvalue weighted by Gasteiger charge is -2.50. The Morgan fingerprint density at radius 1 is 1.09 bits per heavy atom. The van der Waals surface area contributed by atoms with Crippen molar-refractivity contribution in [3.05, 3.63) is 28.8 Å². The van der Waals surface area contributed by atoms with Gasteiger partial charge in [0.05, 0.1) is 26.2 Å². The van der Waals surface area contributed by atoms with Gasteiger partial charge in [-0.15, -0.1) is 0 Å². The number of nitrogens with one attached hydrogen (secondary N) is 1. The highest BCUT2D eigenvalue weighted by atomic mass is 16.1. The molecule has 0 unspecified atom stereocenters. The number of aryl methyl sites for hydroxylation is 3. The summed E-state index contributed by atoms with van der Waals surface area (Å²) in [5.41, 5.74) is 4.56. The van der Waals surface area contributed by atoms with Crippen molar-refractivity contribution in [2.24, 2.45) is 0 Å². The SMILES string of the molecule is Cc1cc(C)c(NC(=O)CCC[N+]23CCN(CC2)CC3)c(C)c1. The highest BCUT2D eigenvalue weighted by Gasteiger charge is 2.37. The average Bonchev–Trinajstić information content (AvgIpc) is 2.52. The van der Waals surface area contributed by atoms with Gasteiger partial charge in [0, 0.05) is 38.2 Å². The zero-order valence-electron chi connectivity index (χ0n) is 14.8. The van der Waals surface area contributed by atoms with Crippen LogP contribution in [-0.2, 0) is 4.79 Å². The zero-order valence-corrected chi connectivity index (χ0v) is 14.8. The van der Waals surface area contributed by atoms with Crippen molar-refractivity contribution in [1.29, 1.82) is 0 Å². The van der Waals surface area contributed by atoms with Crippen LogP contribution in [0.2, 0.25) is 0 Å². The molecule has 0 radical (unpaired) electrons. The summed E-state index contributed by atoms with van der Waals surface area (Å²) in [6, 6.07) is 4.27. The van der Waals surface area contributed by atoms with E-state index in [1.807, 2.05) is 0 Å². The van der Waals surface area contributed by atoms with Gasteiger partial charge >= 0.3 is 0 Å². The number of hydrogen-bond donors (Lipinski definition) is 1. The summed E-state index contributed by atoms with van der Waals surface area (Å²) in [5, 5.41) is 3.13. The van der Waals surface area contributed by atoms with Gasteiger partial charge in [0.1, 0.15) is 0 Å². The summed E-state index contributed by atoms with van der Waals surface area (Å²) in [4.78, 5) is 14.9. The van der Waals surface area contributed by atoms with E-state index in [1.165, 1.54) is 49.3 Å². The molecule has 2 bridgehead atoms. The van der Waals surface area contributed by atoms with E-state index >= 15 is 0 Å². The first-order valence-corrected chi connectivity index (χ1v) is 8.93. The number of piperazine rings is 3. The van der Waals surface area contributed by atoms with E-state index in [9.17, 15) is 4.79 Å². The lowest BCUT2D eigenvalue weighted by Crippen LogP contribution is -2.67. The van der Waals surface area contributed by atoms with Crippen LogP contribution in [0.5, 0.6) is 0 Å². The van der Waals surface area contributed by atoms with Gasteiger partial charge in [-0.1, -0.05) is 17.7 Å². The fourth-order valence-electron chi connectivity index (χ4n) is 4.22. The van der Waals surface area contributed by atoms with Gasteiger partial charge in [0.2, 0.25) is 5.91 Å². The van der Waals surface area contributed by atoms with Crippen LogP contribution in [0.4, 0.5) is 5.69 Å². The molecule has 4 heteroatoms. The van der Waals surface area contributed by atoms with Crippen LogP contribution in [0, 0.1) is 20.8 Å². The molecule has 126 valence electrons. The number of amides is 1. The Morgan fingerprint density at radius 2 is 1.65 bits per heavy atom. The first-order valence-electron chi connectivity index (χ1n) is 8.93. The highest BCUT2D eigenvalue weighted by molar-refractivity contribution is 5.92. The second-order valence-corrected chi connectivity index (χ2v) is 7.50. The number of anilines is 1. The molecule has 3 aliphatic rings. The number of carbonyl (C=O) groups excluding carboxylic acids is 1. The topological polar surface area (TPSA) is 32.3 Å². The summed E-state index contributed by atoms with van der Waals surface area (Å²) >= 11 is 0. The Morgan fingerprint density at radius 3 is 2.22 bits per heavy atom. The number of carbonyl (C=O) groups is 1. The Balaban J connectivity index is 1.50. The molecule has 1 aromatic rings. The van der Waals surface area contributed by atoms with E-state index in [0.29, 0.717) is 6.42 Å². The predicted molar refractivity (Wildman–Crippen MR) is 94.7 cm³/mol. The van der Waals surface area contributed by atoms with Crippen molar-refractivity contribution in [1.82, 2.24) is 4.90 Å². The summed E-state index contributed by atoms with van der Waals surface area (Å²) in [6.45, 7) is 15.0. The van der Waals surface area contributed by atoms with Crippen molar-refractivity contribution < 1.29 is 9.28 Å². The standard InChI is InChI=1S/C19H29N3O/c1-15-13-16(2)19(17(3)14-15)20-18(23)5-4-9-22-10-6-21(7-11-22)8-12-22/h13-14H,4-12H2,1-3H3/p+1. The minimum atomic E-state index is 0.161. The quantitative estimate of drug-likeness (QED) is 0.847. The van der Waals surface area contributed by atoms with E-state index in [1.54, 1.807) is 0 Å². The zero-order chi connectivity index (χ0) is 16.4. The third-order valence-electron chi connectivity index (χ3n) is 5.65. The van der Waals surface area contributed by atoms with Crippen LogP contribution < -0.4 is 5.32 Å². The molecule has 0 aromatic heterocycles. The van der Waals surface area contributed by atoms with Crippen molar-refractivity contribution in [3.63, 3.8) is 0 Å². The molecule has 1 amide bonds. The minimum Gasteiger partial charge on any atom is -0.326 e. The number of benzene rings is 1. The number of rotatable bonds is 5. The van der Waals surface area contributed by atoms with E-state index in [-0.39, 0.29) is 5.91 Å². The van der Waals surface area contributed by atoms with Gasteiger partial charge in [0.15, 0.2) is 0 Å². The molecule has 0 atom stereocenters. The summed E-state index contributed by atoms with van der Waals surface area (Å²) in [7, 11) is 0. The van der Waals surface area contributed by atoms with Crippen molar-refractivity contribution in [2.45, 2.75) is 33.6 Å². The summed E-state index contributed by atoms with van der Waals surface area (Å²) in [6.07, 6.45) is 1.63. The molecular weight excluding hydrogens is 286 g/mol. The molecule has 3 aliphatic heterocycles. The lowest BCUT2D eigenvalue weighted by atomic mass is 10.0. The van der Waals surface area contributed by atoms with Gasteiger partial charge in [-0.2, -0.15) is 0 Å². The Kier molecular flexibility index (Phi) is 4.74. The maximum atomic E-state index is 12.3. The van der Waals surface area contributed by atoms with Gasteiger partial charge in [-0.25, -0.2) is 0 Å². The second kappa shape index (κ2) is 6.62. The number of nitrogens with zero attached hydrogens (tertiary/aromatic N) is 2. The number of quaternary nitrogens is 1. The Bertz CT molecular complexity index is 551. The first kappa shape index (κ1) is 16.5. The van der Waals surface area contributed by atoms with E-state index in [0.717, 1.165) is 29.8 Å². The molecular formula is C19H30N3O+. The average molecular weight is 316 g/mol. The number of hydrogen-bond acceptors (Lipinski definition) is 2. The van der Waals surface area contributed by atoms with Crippen molar-refractivity contribution in [2.75, 3.05) is 51.1 Å². The summed E-state index contributed by atoms with van der Waals surface area (Å²) < 4.78 is 1.24. The molecule has 0 saturated carbocycles. The van der Waals surface area contributed by atoms with Crippen LogP contribution in [0.1, 0.15) is 29.5 Å². The van der Waals surface area contributed by atoms with E-state index in [4.69, 9.17) is 0 Å². The third-order valence-corrected chi connectivity index (χ3v) is 5.65. The normalized spacial score (nSPS) is 26.3. The number of fused-ring (bicyclic) bond motifs is 3. The van der Waals surface area contributed by atoms with Gasteiger partial charge in [-0.3, -0.25) is 9.69 Å². The molecule has 3 fully saturated rings. The molecule has 0 spiro atoms. The van der Waals surface area contributed by atoms with Crippen LogP contribution in [0.3, 0.4) is 0 Å². The van der Waals surface area contributed by atoms with Crippen LogP contribution in [-0.4, -0.2) is 61.1 Å². The molecule has 4 nitrogen and oxygen atoms in total. The molecule has 3 heterocycles. The van der Waals surface area contributed by atoms with Gasteiger partial charge in [0.25, 0.3) is 0 Å². The van der Waals surface area contributed by atoms with Crippen LogP contribution >= 0.6 is 0 Å². The maximum absolute atomic E-state index is 12.3. The molecule has 1 N–H and O–H groups in total. The maximum Gasteiger partial charge on any atom is 0.224 e. The van der Waals surface area contributed by atoms with Crippen molar-refractivity contribution in [3.8, 4) is 0 Å². The summed E-state index contributed by atoms with van der Waals surface area (Å²) in [5.74, 6) is 0.161. The van der Waals surface area contributed by atoms with Crippen molar-refractivity contribution >= 4 is 11.6 Å². The lowest BCUT2D eigenvalue weighted by molar-refractivity contribution is -0.941. The third kappa shape index (κ3) is 3.75. The molecule has 4 rings (SSSR count). The fraction of sp³-hybridized carbons (Fsp3) is 0.632. The fourth-order valence-corrected chi connectivity index (χ4v) is 4.22. The Labute approximate surface area is 140 Å². The van der Waals surface area contributed by atoms with Crippen LogP contribution in [0.25, 0.3) is 0 Å². The largest absolute Gasteiger partial charge is 0.326 e. The Hall–Kier alpha value is -1.39. The smallest absolute Gasteiger partial charge is 0.224 e. The molecule has 23 heavy (non-hydrogen) atoms. The second-order valence-electron chi connectivity index (χ2n) is 7.50. The molecule has 1 aromatic carbocycles. The van der Waals surface area contributed by atoms with E-state index in [2.05, 4.69) is 43.1 Å². The van der Waals surface area contributed by atoms with E-state index < -0.39 is 0 Å². The monoisotopic (exact) mass is 316 g/mol. The first-order chi connectivity index (χ1) is 11.0. The predicted octanol–water partition coefficient (Wildman–Crippen LogP) is 2.48. The molecule has 3 saturated heterocycles. The van der Waals surface area contributed by atoms with Crippen LogP contribution in [0.15, 0.2) is 12.1 Å². The van der Waals surface area contributed by atoms with Gasteiger partial charge < -0.3 is 9.80 Å². The highest BCUT2D eigenvalue weighted by Crippen LogP contribution is 2.23.